The fourth-order valence-electron chi connectivity index (χ4n) is 1.87. The van der Waals surface area contributed by atoms with Crippen molar-refractivity contribution in [2.75, 3.05) is 5.73 Å². The van der Waals surface area contributed by atoms with Gasteiger partial charge in [0.1, 0.15) is 0 Å². The first kappa shape index (κ1) is 18.4. The summed E-state index contributed by atoms with van der Waals surface area (Å²) in [5.74, 6) is -0.749. The zero-order valence-electron chi connectivity index (χ0n) is 13.5. The first-order valence-electron chi connectivity index (χ1n) is 7.45. The molecule has 0 saturated carbocycles. The zero-order valence-corrected chi connectivity index (χ0v) is 13.5. The number of nitrogens with two attached hydrogens (primary N) is 1. The molecule has 8 nitrogen and oxygen atoms in total. The van der Waals surface area contributed by atoms with Gasteiger partial charge in [-0.05, 0) is 23.8 Å². The van der Waals surface area contributed by atoms with Crippen molar-refractivity contribution in [1.82, 2.24) is 4.98 Å². The molecule has 2 aromatic carbocycles. The number of aromatic nitrogens is 2. The van der Waals surface area contributed by atoms with E-state index in [1.54, 1.807) is 36.4 Å². The van der Waals surface area contributed by atoms with Crippen LogP contribution in [0.3, 0.4) is 0 Å². The lowest BCUT2D eigenvalue weighted by atomic mass is 10.2. The van der Waals surface area contributed by atoms with E-state index in [4.69, 9.17) is 10.8 Å². The van der Waals surface area contributed by atoms with Gasteiger partial charge in [0.2, 0.25) is 0 Å². The summed E-state index contributed by atoms with van der Waals surface area (Å²) in [6.45, 7) is 0. The van der Waals surface area contributed by atoms with Gasteiger partial charge in [-0.25, -0.2) is 9.78 Å². The van der Waals surface area contributed by atoms with Gasteiger partial charge in [0, 0.05) is 12.3 Å². The average molecular weight is 352 g/mol. The van der Waals surface area contributed by atoms with E-state index in [9.17, 15) is 14.7 Å². The smallest absolute Gasteiger partial charge is 0.495 e. The molecule has 0 aliphatic heterocycles. The topological polar surface area (TPSA) is 146 Å². The van der Waals surface area contributed by atoms with E-state index in [2.05, 4.69) is 15.0 Å². The lowest BCUT2D eigenvalue weighted by molar-refractivity contribution is -0.402. The maximum atomic E-state index is 11.4. The minimum absolute atomic E-state index is 0.115. The van der Waals surface area contributed by atoms with Crippen LogP contribution in [0.2, 0.25) is 0 Å². The van der Waals surface area contributed by atoms with Crippen molar-refractivity contribution >= 4 is 23.7 Å². The number of nitrogen functional groups attached to an aromatic ring is 1. The van der Waals surface area contributed by atoms with E-state index in [0.29, 0.717) is 17.1 Å². The molecule has 0 aliphatic carbocycles. The lowest BCUT2D eigenvalue weighted by Crippen LogP contribution is -2.28. The Morgan fingerprint density at radius 2 is 1.96 bits per heavy atom. The summed E-state index contributed by atoms with van der Waals surface area (Å²) in [5, 5.41) is 20.3. The van der Waals surface area contributed by atoms with Gasteiger partial charge in [-0.1, -0.05) is 30.3 Å². The van der Waals surface area contributed by atoms with Crippen molar-refractivity contribution in [2.45, 2.75) is 0 Å². The molecular weight excluding hydrogens is 336 g/mol. The maximum Gasteiger partial charge on any atom is 0.495 e. The van der Waals surface area contributed by atoms with Gasteiger partial charge < -0.3 is 15.9 Å². The summed E-state index contributed by atoms with van der Waals surface area (Å²) < 4.78 is 0. The molecule has 0 spiro atoms. The number of aliphatic imine (C=N–C) groups is 1. The van der Waals surface area contributed by atoms with Crippen LogP contribution in [-0.4, -0.2) is 22.3 Å². The molecule has 26 heavy (non-hydrogen) atoms. The SMILES string of the molecule is Nc1cc[nH+]c(=O)[nH]1.O=C(O)c1cccc(N=Cc2ccccc2[O-])c1. The third kappa shape index (κ3) is 5.60. The lowest BCUT2D eigenvalue weighted by Gasteiger charge is -2.07. The second kappa shape index (κ2) is 8.78. The largest absolute Gasteiger partial charge is 0.872 e. The molecule has 1 heterocycles. The quantitative estimate of drug-likeness (QED) is 0.601. The highest BCUT2D eigenvalue weighted by molar-refractivity contribution is 5.89. The minimum atomic E-state index is -1.00. The number of aromatic carboxylic acids is 1. The van der Waals surface area contributed by atoms with Crippen LogP contribution in [0.15, 0.2) is 70.6 Å². The summed E-state index contributed by atoms with van der Waals surface area (Å²) in [6, 6.07) is 14.3. The molecule has 0 aliphatic rings. The van der Waals surface area contributed by atoms with Gasteiger partial charge in [0.05, 0.1) is 17.4 Å². The van der Waals surface area contributed by atoms with Crippen LogP contribution in [0.4, 0.5) is 11.5 Å². The third-order valence-corrected chi connectivity index (χ3v) is 3.10. The van der Waals surface area contributed by atoms with Gasteiger partial charge in [0.25, 0.3) is 0 Å². The van der Waals surface area contributed by atoms with Crippen molar-refractivity contribution in [3.8, 4) is 5.75 Å². The van der Waals surface area contributed by atoms with Gasteiger partial charge >= 0.3 is 11.7 Å². The Balaban J connectivity index is 0.000000254. The summed E-state index contributed by atoms with van der Waals surface area (Å²) in [7, 11) is 0. The van der Waals surface area contributed by atoms with Crippen LogP contribution in [0.1, 0.15) is 15.9 Å². The molecule has 3 aromatic rings. The van der Waals surface area contributed by atoms with E-state index in [0.717, 1.165) is 0 Å². The van der Waals surface area contributed by atoms with Crippen molar-refractivity contribution in [3.05, 3.63) is 82.4 Å². The molecule has 5 N–H and O–H groups in total. The summed E-state index contributed by atoms with van der Waals surface area (Å²) in [5.41, 5.74) is 6.03. The summed E-state index contributed by atoms with van der Waals surface area (Å²) in [6.07, 6.45) is 2.91. The number of nitrogens with zero attached hydrogens (tertiary/aromatic N) is 1. The number of hydrogen-bond donors (Lipinski definition) is 3. The van der Waals surface area contributed by atoms with E-state index in [1.807, 2.05) is 0 Å². The van der Waals surface area contributed by atoms with E-state index in [-0.39, 0.29) is 17.0 Å². The van der Waals surface area contributed by atoms with Crippen LogP contribution >= 0.6 is 0 Å². The molecule has 0 fully saturated rings. The van der Waals surface area contributed by atoms with Crippen molar-refractivity contribution in [3.63, 3.8) is 0 Å². The second-order valence-electron chi connectivity index (χ2n) is 5.04. The molecule has 0 bridgehead atoms. The molecule has 0 amide bonds. The molecule has 8 heteroatoms. The highest BCUT2D eigenvalue weighted by Gasteiger charge is 2.01. The normalized spacial score (nSPS) is 10.2. The molecule has 132 valence electrons. The van der Waals surface area contributed by atoms with E-state index < -0.39 is 5.97 Å². The Morgan fingerprint density at radius 3 is 2.58 bits per heavy atom. The van der Waals surface area contributed by atoms with Gasteiger partial charge in [-0.3, -0.25) is 4.99 Å². The number of nitrogens with one attached hydrogen (secondary N) is 2. The molecule has 1 aromatic heterocycles. The van der Waals surface area contributed by atoms with Crippen LogP contribution in [-0.2, 0) is 0 Å². The van der Waals surface area contributed by atoms with Gasteiger partial charge in [-0.15, -0.1) is 5.75 Å². The molecule has 0 unspecified atom stereocenters. The molecule has 0 radical (unpaired) electrons. The Bertz CT molecular complexity index is 982. The Kier molecular flexibility index (Phi) is 6.22. The van der Waals surface area contributed by atoms with E-state index in [1.165, 1.54) is 30.6 Å². The predicted molar refractivity (Wildman–Crippen MR) is 94.6 cm³/mol. The number of carboxylic acid groups (broad SMARTS) is 1. The highest BCUT2D eigenvalue weighted by atomic mass is 16.4. The Labute approximate surface area is 148 Å². The number of rotatable bonds is 3. The number of carbonyl (C=O) groups is 1. The number of aromatic amines is 2. The first-order chi connectivity index (χ1) is 12.5. The van der Waals surface area contributed by atoms with Crippen LogP contribution < -0.4 is 21.5 Å². The minimum Gasteiger partial charge on any atom is -0.872 e. The average Bonchev–Trinajstić information content (AvgIpc) is 2.61. The number of hydrogen-bond acceptors (Lipinski definition) is 5. The summed E-state index contributed by atoms with van der Waals surface area (Å²) in [4.78, 5) is 29.9. The number of H-pyrrole nitrogens is 2. The van der Waals surface area contributed by atoms with Gasteiger partial charge in [0.15, 0.2) is 5.82 Å². The zero-order chi connectivity index (χ0) is 18.9. The van der Waals surface area contributed by atoms with Gasteiger partial charge in [-0.2, -0.15) is 9.78 Å². The fourth-order valence-corrected chi connectivity index (χ4v) is 1.87. The second-order valence-corrected chi connectivity index (χ2v) is 5.04. The fraction of sp³-hybridized carbons (Fsp3) is 0. The van der Waals surface area contributed by atoms with E-state index >= 15 is 0 Å². The highest BCUT2D eigenvalue weighted by Crippen LogP contribution is 2.16. The Hall–Kier alpha value is -3.94. The standard InChI is InChI=1S/C14H11NO3.C4H5N3O/c16-13-7-2-1-4-11(13)9-15-12-6-3-5-10(8-12)14(17)18;5-3-1-2-6-4(8)7-3/h1-9,16H,(H,17,18);1-2H,(H3,5,6,7,8). The number of benzene rings is 2. The van der Waals surface area contributed by atoms with Crippen molar-refractivity contribution in [1.29, 1.82) is 0 Å². The molecule has 0 atom stereocenters. The monoisotopic (exact) mass is 352 g/mol. The van der Waals surface area contributed by atoms with Crippen LogP contribution in [0.25, 0.3) is 0 Å². The predicted octanol–water partition coefficient (Wildman–Crippen LogP) is 0.980. The van der Waals surface area contributed by atoms with Crippen molar-refractivity contribution in [2.24, 2.45) is 4.99 Å². The molecule has 0 saturated heterocycles. The number of carboxylic acids is 1. The third-order valence-electron chi connectivity index (χ3n) is 3.10. The summed E-state index contributed by atoms with van der Waals surface area (Å²) >= 11 is 0. The van der Waals surface area contributed by atoms with Crippen LogP contribution in [0.5, 0.6) is 5.75 Å². The van der Waals surface area contributed by atoms with Crippen LogP contribution in [0, 0.1) is 0 Å². The number of para-hydroxylation sites is 1. The van der Waals surface area contributed by atoms with Crippen molar-refractivity contribution < 1.29 is 20.0 Å². The Morgan fingerprint density at radius 1 is 1.19 bits per heavy atom. The maximum absolute atomic E-state index is 11.4. The molecule has 3 rings (SSSR count). The first-order valence-corrected chi connectivity index (χ1v) is 7.45. The number of anilines is 1. The molecular formula is C18H16N4O4.